The molecule has 4 aliphatic heterocycles. The quantitative estimate of drug-likeness (QED) is 0.187. The number of hydrogen-bond donors (Lipinski definition) is 4. The Kier molecular flexibility index (Phi) is 12.8. The molecule has 7 fully saturated rings. The number of nitrogens with zero attached hydrogens (tertiary/aromatic N) is 6. The number of benzene rings is 1. The van der Waals surface area contributed by atoms with Crippen LogP contribution in [0.3, 0.4) is 0 Å². The minimum atomic E-state index is -0.620. The third-order valence-corrected chi connectivity index (χ3v) is 15.5. The summed E-state index contributed by atoms with van der Waals surface area (Å²) < 4.78 is 10.8. The smallest absolute Gasteiger partial charge is 0.318 e. The van der Waals surface area contributed by atoms with E-state index in [9.17, 15) is 19.2 Å². The summed E-state index contributed by atoms with van der Waals surface area (Å²) in [5, 5.41) is 6.09. The number of likely N-dealkylation sites (tertiary alicyclic amines) is 2. The Hall–Kier alpha value is -4.96. The van der Waals surface area contributed by atoms with Crippen LogP contribution in [0.15, 0.2) is 36.7 Å². The minimum absolute atomic E-state index is 0.0373. The van der Waals surface area contributed by atoms with E-state index < -0.39 is 12.1 Å². The van der Waals surface area contributed by atoms with E-state index in [4.69, 9.17) is 19.4 Å². The fraction of sp³-hybridized carbons (Fsp3) is 0.667. The highest BCUT2D eigenvalue weighted by Crippen LogP contribution is 2.58. The maximum Gasteiger partial charge on any atom is 0.318 e. The number of amides is 6. The molecule has 6 heterocycles. The molecule has 4 atom stereocenters. The van der Waals surface area contributed by atoms with Crippen molar-refractivity contribution in [1.29, 1.82) is 0 Å². The molecule has 16 heteroatoms. The highest BCUT2D eigenvalue weighted by Gasteiger charge is 2.51. The van der Waals surface area contributed by atoms with Gasteiger partial charge in [-0.15, -0.1) is 0 Å². The molecular weight excluding hydrogens is 813 g/mol. The number of H-pyrrole nitrogens is 2. The first kappa shape index (κ1) is 44.3. The van der Waals surface area contributed by atoms with E-state index in [-0.39, 0.29) is 58.6 Å². The first-order valence-corrected chi connectivity index (χ1v) is 24.0. The van der Waals surface area contributed by atoms with Crippen molar-refractivity contribution in [3.8, 4) is 11.3 Å². The predicted octanol–water partition coefficient (Wildman–Crippen LogP) is 5.80. The van der Waals surface area contributed by atoms with Crippen molar-refractivity contribution in [2.45, 2.75) is 127 Å². The molecule has 4 N–H and O–H groups in total. The zero-order chi connectivity index (χ0) is 44.6. The molecular formula is C48H68N10O6. The molecule has 1 aromatic carbocycles. The van der Waals surface area contributed by atoms with Crippen LogP contribution >= 0.6 is 0 Å². The number of carbonyl (C=O) groups excluding carboxylic acids is 4. The number of imidazole rings is 2. The number of ether oxygens (including phenoxy) is 2. The van der Waals surface area contributed by atoms with Gasteiger partial charge in [-0.1, -0.05) is 52.0 Å². The molecule has 346 valence electrons. The Labute approximate surface area is 377 Å². The Bertz CT molecular complexity index is 2110. The van der Waals surface area contributed by atoms with Gasteiger partial charge in [-0.2, -0.15) is 0 Å². The minimum Gasteiger partial charge on any atom is -0.378 e. The number of urea groups is 2. The number of hydrogen-bond acceptors (Lipinski definition) is 8. The summed E-state index contributed by atoms with van der Waals surface area (Å²) in [5.74, 6) is 1.42. The van der Waals surface area contributed by atoms with Gasteiger partial charge < -0.3 is 49.7 Å². The van der Waals surface area contributed by atoms with E-state index in [1.165, 1.54) is 11.3 Å². The number of aromatic amines is 2. The molecule has 3 saturated carbocycles. The molecule has 16 nitrogen and oxygen atoms in total. The van der Waals surface area contributed by atoms with Crippen molar-refractivity contribution in [3.05, 3.63) is 59.6 Å². The van der Waals surface area contributed by atoms with Gasteiger partial charge in [0.05, 0.1) is 50.4 Å². The Morgan fingerprint density at radius 3 is 1.56 bits per heavy atom. The van der Waals surface area contributed by atoms with Crippen LogP contribution in [0.4, 0.5) is 9.59 Å². The van der Waals surface area contributed by atoms with Crippen molar-refractivity contribution in [1.82, 2.24) is 50.2 Å². The van der Waals surface area contributed by atoms with Gasteiger partial charge in [0.2, 0.25) is 11.8 Å². The van der Waals surface area contributed by atoms with Crippen LogP contribution in [0.2, 0.25) is 0 Å². The molecule has 10 rings (SSSR count). The van der Waals surface area contributed by atoms with Crippen molar-refractivity contribution < 1.29 is 28.7 Å². The number of aromatic nitrogens is 4. The van der Waals surface area contributed by atoms with Crippen molar-refractivity contribution in [2.75, 3.05) is 65.7 Å². The monoisotopic (exact) mass is 881 g/mol. The van der Waals surface area contributed by atoms with E-state index in [1.54, 1.807) is 9.80 Å². The number of rotatable bonds is 11. The lowest BCUT2D eigenvalue weighted by Crippen LogP contribution is -2.55. The summed E-state index contributed by atoms with van der Waals surface area (Å²) in [6.07, 6.45) is 13.9. The lowest BCUT2D eigenvalue weighted by atomic mass is 9.51. The SMILES string of the molecule is CC(C)[C@H](NC(=O)N1CCOCC1)C(=O)N1CCC[C@H]1c1ncc(-c2ccc(C34CCC(c5cnc([C@@H]6CCCN6C(=O)[C@@H](NC(=O)N6CCOCC6)C(C)C)[nH]5)(CC3)CC4)cc2)[nH]1. The van der Waals surface area contributed by atoms with Gasteiger partial charge in [0.15, 0.2) is 0 Å². The molecule has 0 radical (unpaired) electrons. The van der Waals surface area contributed by atoms with E-state index in [1.807, 2.05) is 49.9 Å². The first-order valence-electron chi connectivity index (χ1n) is 24.0. The van der Waals surface area contributed by atoms with Crippen LogP contribution in [0.5, 0.6) is 0 Å². The Morgan fingerprint density at radius 1 is 0.625 bits per heavy atom. The molecule has 0 spiro atoms. The van der Waals surface area contributed by atoms with Gasteiger partial charge in [0.25, 0.3) is 0 Å². The zero-order valence-electron chi connectivity index (χ0n) is 38.2. The van der Waals surface area contributed by atoms with Gasteiger partial charge >= 0.3 is 12.1 Å². The molecule has 3 aliphatic carbocycles. The predicted molar refractivity (Wildman–Crippen MR) is 240 cm³/mol. The second kappa shape index (κ2) is 18.5. The van der Waals surface area contributed by atoms with Crippen molar-refractivity contribution >= 4 is 23.9 Å². The van der Waals surface area contributed by atoms with Gasteiger partial charge in [-0.05, 0) is 92.6 Å². The van der Waals surface area contributed by atoms with Gasteiger partial charge in [0, 0.05) is 56.6 Å². The number of nitrogens with one attached hydrogen (secondary N) is 4. The van der Waals surface area contributed by atoms with Gasteiger partial charge in [-0.25, -0.2) is 19.6 Å². The van der Waals surface area contributed by atoms with Crippen molar-refractivity contribution in [2.24, 2.45) is 11.8 Å². The summed E-state index contributed by atoms with van der Waals surface area (Å²) in [6, 6.07) is 7.07. The van der Waals surface area contributed by atoms with E-state index in [0.717, 1.165) is 87.1 Å². The van der Waals surface area contributed by atoms with Crippen LogP contribution < -0.4 is 10.6 Å². The van der Waals surface area contributed by atoms with Gasteiger partial charge in [0.1, 0.15) is 23.7 Å². The summed E-state index contributed by atoms with van der Waals surface area (Å²) in [6.45, 7) is 13.4. The normalized spacial score (nSPS) is 27.0. The average Bonchev–Trinajstić information content (AvgIpc) is 4.18. The second-order valence-corrected chi connectivity index (χ2v) is 19.9. The number of fused-ring (bicyclic) bond motifs is 3. The highest BCUT2D eigenvalue weighted by atomic mass is 16.5. The molecule has 7 aliphatic rings. The molecule has 2 aromatic heterocycles. The third kappa shape index (κ3) is 8.63. The third-order valence-electron chi connectivity index (χ3n) is 15.5. The zero-order valence-corrected chi connectivity index (χ0v) is 38.2. The summed E-state index contributed by atoms with van der Waals surface area (Å²) in [7, 11) is 0. The van der Waals surface area contributed by atoms with E-state index in [0.29, 0.717) is 65.7 Å². The van der Waals surface area contributed by atoms with Crippen LogP contribution in [-0.4, -0.2) is 141 Å². The molecule has 4 saturated heterocycles. The van der Waals surface area contributed by atoms with E-state index in [2.05, 4.69) is 44.9 Å². The lowest BCUT2D eigenvalue weighted by Gasteiger charge is -2.53. The summed E-state index contributed by atoms with van der Waals surface area (Å²) >= 11 is 0. The molecule has 2 bridgehead atoms. The molecule has 6 amide bonds. The maximum atomic E-state index is 14.1. The highest BCUT2D eigenvalue weighted by molar-refractivity contribution is 5.88. The summed E-state index contributed by atoms with van der Waals surface area (Å²) in [4.78, 5) is 78.7. The van der Waals surface area contributed by atoms with Crippen LogP contribution in [0.1, 0.15) is 127 Å². The standard InChI is InChI=1S/C48H68N10O6/c1-31(2)39(53-45(61)55-21-25-63-26-22-55)43(59)57-19-5-7-36(57)41-49-29-35(51-41)33-9-11-34(12-10-33)47-13-16-48(17-14-47,18-15-47)38-30-50-42(52-38)37-8-6-20-58(37)44(60)40(32(3)4)54-46(62)56-23-27-64-28-24-56/h9-12,29-32,36-37,39-40H,5-8,13-28H2,1-4H3,(H,49,51)(H,50,52)(H,53,61)(H,54,62)/t36-,37-,39-,40-,47?,48?/m0/s1. The topological polar surface area (TPSA) is 181 Å². The second-order valence-electron chi connectivity index (χ2n) is 19.9. The number of carbonyl (C=O) groups is 4. The van der Waals surface area contributed by atoms with Crippen LogP contribution in [0, 0.1) is 11.8 Å². The molecule has 3 aromatic rings. The maximum absolute atomic E-state index is 14.1. The van der Waals surface area contributed by atoms with Crippen LogP contribution in [-0.2, 0) is 29.9 Å². The van der Waals surface area contributed by atoms with Gasteiger partial charge in [-0.3, -0.25) is 9.59 Å². The largest absolute Gasteiger partial charge is 0.378 e. The van der Waals surface area contributed by atoms with Crippen LogP contribution in [0.25, 0.3) is 11.3 Å². The Morgan fingerprint density at radius 2 is 1.08 bits per heavy atom. The van der Waals surface area contributed by atoms with Crippen molar-refractivity contribution in [3.63, 3.8) is 0 Å². The first-order chi connectivity index (χ1) is 30.9. The lowest BCUT2D eigenvalue weighted by molar-refractivity contribution is -0.136. The molecule has 64 heavy (non-hydrogen) atoms. The molecule has 0 unspecified atom stereocenters. The fourth-order valence-electron chi connectivity index (χ4n) is 11.4. The van der Waals surface area contributed by atoms with E-state index >= 15 is 0 Å². The number of morpholine rings is 2. The summed E-state index contributed by atoms with van der Waals surface area (Å²) in [5.41, 5.74) is 4.78. The average molecular weight is 881 g/mol. The fourth-order valence-corrected chi connectivity index (χ4v) is 11.4. The Balaban J connectivity index is 0.818.